The molecule has 0 bridgehead atoms. The molecule has 36 heavy (non-hydrogen) atoms. The minimum Gasteiger partial charge on any atom is -0.497 e. The fraction of sp³-hybridized carbons (Fsp3) is 0.286. The molecule has 0 saturated heterocycles. The summed E-state index contributed by atoms with van der Waals surface area (Å²) in [7, 11) is 3.13. The van der Waals surface area contributed by atoms with Gasteiger partial charge in [-0.25, -0.2) is 4.98 Å². The summed E-state index contributed by atoms with van der Waals surface area (Å²) in [6.07, 6.45) is 1.37. The molecule has 0 aliphatic rings. The Hall–Kier alpha value is -4.20. The van der Waals surface area contributed by atoms with Gasteiger partial charge in [0.25, 0.3) is 11.8 Å². The summed E-state index contributed by atoms with van der Waals surface area (Å²) in [4.78, 5) is 43.6. The summed E-state index contributed by atoms with van der Waals surface area (Å²) < 4.78 is 5.24. The molecule has 188 valence electrons. The van der Waals surface area contributed by atoms with Crippen LogP contribution in [0.15, 0.2) is 66.9 Å². The minimum absolute atomic E-state index is 0.00960. The molecule has 1 unspecified atom stereocenters. The lowest BCUT2D eigenvalue weighted by molar-refractivity contribution is -0.120. The monoisotopic (exact) mass is 488 g/mol. The predicted octanol–water partition coefficient (Wildman–Crippen LogP) is 4.80. The molecular formula is C28H32N4O4. The maximum absolute atomic E-state index is 13.5. The third kappa shape index (κ3) is 6.47. The van der Waals surface area contributed by atoms with Crippen molar-refractivity contribution in [2.75, 3.05) is 24.8 Å². The van der Waals surface area contributed by atoms with Gasteiger partial charge in [0.05, 0.1) is 12.7 Å². The smallest absolute Gasteiger partial charge is 0.256 e. The first kappa shape index (κ1) is 26.4. The first-order chi connectivity index (χ1) is 17.0. The number of ether oxygens (including phenoxy) is 1. The highest BCUT2D eigenvalue weighted by Gasteiger charge is 2.30. The van der Waals surface area contributed by atoms with Crippen LogP contribution in [0.4, 0.5) is 11.5 Å². The zero-order valence-electron chi connectivity index (χ0n) is 21.5. The molecule has 3 amide bonds. The number of pyridine rings is 1. The number of benzene rings is 2. The summed E-state index contributed by atoms with van der Waals surface area (Å²) in [5.41, 5.74) is 2.68. The summed E-state index contributed by atoms with van der Waals surface area (Å²) in [6, 6.07) is 16.9. The Morgan fingerprint density at radius 3 is 2.06 bits per heavy atom. The zero-order valence-corrected chi connectivity index (χ0v) is 21.5. The first-order valence-corrected chi connectivity index (χ1v) is 11.6. The molecule has 3 rings (SSSR count). The molecule has 3 aromatic rings. The summed E-state index contributed by atoms with van der Waals surface area (Å²) in [5, 5.41) is 5.51. The Labute approximate surface area is 211 Å². The van der Waals surface area contributed by atoms with Gasteiger partial charge in [0.2, 0.25) is 5.91 Å². The highest BCUT2D eigenvalue weighted by atomic mass is 16.5. The second kappa shape index (κ2) is 11.0. The van der Waals surface area contributed by atoms with Gasteiger partial charge in [-0.1, -0.05) is 45.0 Å². The molecule has 0 radical (unpaired) electrons. The topological polar surface area (TPSA) is 101 Å². The second-order valence-corrected chi connectivity index (χ2v) is 9.52. The molecule has 0 aliphatic heterocycles. The molecular weight excluding hydrogens is 456 g/mol. The number of nitrogens with one attached hydrogen (secondary N) is 2. The number of nitrogens with zero attached hydrogens (tertiary/aromatic N) is 2. The number of carbonyl (C=O) groups is 3. The minimum atomic E-state index is -0.916. The van der Waals surface area contributed by atoms with E-state index in [9.17, 15) is 14.4 Å². The fourth-order valence-electron chi connectivity index (χ4n) is 3.70. The molecule has 2 aromatic carbocycles. The van der Waals surface area contributed by atoms with Crippen molar-refractivity contribution in [1.29, 1.82) is 0 Å². The summed E-state index contributed by atoms with van der Waals surface area (Å²) in [5.74, 6) is -0.0315. The Kier molecular flexibility index (Phi) is 8.09. The number of aromatic nitrogens is 1. The van der Waals surface area contributed by atoms with Crippen LogP contribution in [0.3, 0.4) is 0 Å². The van der Waals surface area contributed by atoms with Gasteiger partial charge in [0.1, 0.15) is 17.6 Å². The van der Waals surface area contributed by atoms with Crippen LogP contribution in [0.25, 0.3) is 0 Å². The van der Waals surface area contributed by atoms with E-state index in [2.05, 4.69) is 36.4 Å². The standard InChI is InChI=1S/C28H32N4O4/c1-18(33)30-24-16-9-20(17-29-24)27(35)32(5)25(19-7-14-23(36-6)15-8-19)26(34)31-22-12-10-21(11-13-22)28(2,3)4/h7-17,25H,1-6H3,(H,31,34)(H,29,30,33). The molecule has 0 spiro atoms. The van der Waals surface area contributed by atoms with Crippen LogP contribution < -0.4 is 15.4 Å². The van der Waals surface area contributed by atoms with Gasteiger partial charge < -0.3 is 20.3 Å². The third-order valence-electron chi connectivity index (χ3n) is 5.72. The maximum atomic E-state index is 13.5. The van der Waals surface area contributed by atoms with Gasteiger partial charge in [-0.05, 0) is 52.9 Å². The molecule has 0 fully saturated rings. The number of hydrogen-bond donors (Lipinski definition) is 2. The number of methoxy groups -OCH3 is 1. The van der Waals surface area contributed by atoms with Gasteiger partial charge in [0, 0.05) is 25.9 Å². The third-order valence-corrected chi connectivity index (χ3v) is 5.72. The normalized spacial score (nSPS) is 11.8. The SMILES string of the molecule is COc1ccc(C(C(=O)Nc2ccc(C(C)(C)C)cc2)N(C)C(=O)c2ccc(NC(C)=O)nc2)cc1. The molecule has 1 atom stereocenters. The molecule has 2 N–H and O–H groups in total. The van der Waals surface area contributed by atoms with Gasteiger partial charge in [-0.3, -0.25) is 14.4 Å². The fourth-order valence-corrected chi connectivity index (χ4v) is 3.70. The van der Waals surface area contributed by atoms with Gasteiger partial charge in [0.15, 0.2) is 0 Å². The van der Waals surface area contributed by atoms with Crippen LogP contribution in [0.1, 0.15) is 55.2 Å². The van der Waals surface area contributed by atoms with Crippen LogP contribution in [-0.4, -0.2) is 41.8 Å². The highest BCUT2D eigenvalue weighted by Crippen LogP contribution is 2.27. The van der Waals surface area contributed by atoms with E-state index in [1.165, 1.54) is 18.0 Å². The van der Waals surface area contributed by atoms with Crippen LogP contribution in [-0.2, 0) is 15.0 Å². The molecule has 0 saturated carbocycles. The van der Waals surface area contributed by atoms with Crippen molar-refractivity contribution in [3.05, 3.63) is 83.6 Å². The van der Waals surface area contributed by atoms with Crippen LogP contribution >= 0.6 is 0 Å². The number of amides is 3. The lowest BCUT2D eigenvalue weighted by Gasteiger charge is -2.28. The molecule has 1 heterocycles. The van der Waals surface area contributed by atoms with Crippen LogP contribution in [0.2, 0.25) is 0 Å². The predicted molar refractivity (Wildman–Crippen MR) is 140 cm³/mol. The Morgan fingerprint density at radius 1 is 0.917 bits per heavy atom. The number of likely N-dealkylation sites (N-methyl/N-ethyl adjacent to an activating group) is 1. The van der Waals surface area contributed by atoms with E-state index in [1.54, 1.807) is 50.6 Å². The largest absolute Gasteiger partial charge is 0.497 e. The van der Waals surface area contributed by atoms with Crippen molar-refractivity contribution in [2.45, 2.75) is 39.2 Å². The number of carbonyl (C=O) groups excluding carboxylic acids is 3. The molecule has 8 heteroatoms. The van der Waals surface area contributed by atoms with E-state index < -0.39 is 11.9 Å². The van der Waals surface area contributed by atoms with E-state index in [0.29, 0.717) is 22.8 Å². The van der Waals surface area contributed by atoms with E-state index in [-0.39, 0.29) is 22.8 Å². The van der Waals surface area contributed by atoms with Gasteiger partial charge in [-0.15, -0.1) is 0 Å². The maximum Gasteiger partial charge on any atom is 0.256 e. The van der Waals surface area contributed by atoms with E-state index in [4.69, 9.17) is 4.74 Å². The molecule has 1 aromatic heterocycles. The average Bonchev–Trinajstić information content (AvgIpc) is 2.84. The zero-order chi connectivity index (χ0) is 26.5. The van der Waals surface area contributed by atoms with Crippen molar-refractivity contribution in [3.63, 3.8) is 0 Å². The Bertz CT molecular complexity index is 1210. The number of hydrogen-bond acceptors (Lipinski definition) is 5. The van der Waals surface area contributed by atoms with E-state index in [1.807, 2.05) is 24.3 Å². The Balaban J connectivity index is 1.89. The average molecular weight is 489 g/mol. The lowest BCUT2D eigenvalue weighted by atomic mass is 9.87. The van der Waals surface area contributed by atoms with Crippen LogP contribution in [0.5, 0.6) is 5.75 Å². The van der Waals surface area contributed by atoms with Gasteiger partial charge >= 0.3 is 0 Å². The van der Waals surface area contributed by atoms with E-state index >= 15 is 0 Å². The van der Waals surface area contributed by atoms with E-state index in [0.717, 1.165) is 5.56 Å². The summed E-state index contributed by atoms with van der Waals surface area (Å²) in [6.45, 7) is 7.75. The molecule has 0 aliphatic carbocycles. The number of rotatable bonds is 7. The molecule has 8 nitrogen and oxygen atoms in total. The quantitative estimate of drug-likeness (QED) is 0.498. The van der Waals surface area contributed by atoms with Crippen molar-refractivity contribution >= 4 is 29.2 Å². The summed E-state index contributed by atoms with van der Waals surface area (Å²) >= 11 is 0. The van der Waals surface area contributed by atoms with Gasteiger partial charge in [-0.2, -0.15) is 0 Å². The first-order valence-electron chi connectivity index (χ1n) is 11.6. The van der Waals surface area contributed by atoms with Crippen molar-refractivity contribution in [1.82, 2.24) is 9.88 Å². The van der Waals surface area contributed by atoms with Crippen molar-refractivity contribution < 1.29 is 19.1 Å². The highest BCUT2D eigenvalue weighted by molar-refractivity contribution is 6.01. The lowest BCUT2D eigenvalue weighted by Crippen LogP contribution is -2.38. The van der Waals surface area contributed by atoms with Crippen LogP contribution in [0, 0.1) is 0 Å². The second-order valence-electron chi connectivity index (χ2n) is 9.52. The van der Waals surface area contributed by atoms with Crippen molar-refractivity contribution in [2.24, 2.45) is 0 Å². The van der Waals surface area contributed by atoms with Crippen molar-refractivity contribution in [3.8, 4) is 5.75 Å². The number of anilines is 2. The Morgan fingerprint density at radius 2 is 1.56 bits per heavy atom.